The molecule has 2 nitrogen and oxygen atoms in total. The molecule has 0 heterocycles. The molecule has 0 aliphatic rings. The van der Waals surface area contributed by atoms with E-state index in [0.717, 1.165) is 24.9 Å². The van der Waals surface area contributed by atoms with Gasteiger partial charge in [0.1, 0.15) is 0 Å². The zero-order chi connectivity index (χ0) is 11.8. The molecule has 0 aliphatic carbocycles. The standard InChI is InChI=1S/C13H18ClNO/c1-2-4-11-6-8-12(9-7-11)15-13(16)5-3-10-14/h6-9H,2-5,10H2,1H3,(H,15,16). The van der Waals surface area contributed by atoms with Crippen LogP contribution in [0.15, 0.2) is 24.3 Å². The van der Waals surface area contributed by atoms with Crippen LogP contribution < -0.4 is 5.32 Å². The molecule has 88 valence electrons. The van der Waals surface area contributed by atoms with E-state index in [1.165, 1.54) is 5.56 Å². The van der Waals surface area contributed by atoms with Gasteiger partial charge in [-0.05, 0) is 30.5 Å². The van der Waals surface area contributed by atoms with Gasteiger partial charge in [-0.1, -0.05) is 25.5 Å². The Balaban J connectivity index is 2.45. The van der Waals surface area contributed by atoms with Crippen molar-refractivity contribution in [2.45, 2.75) is 32.6 Å². The molecule has 16 heavy (non-hydrogen) atoms. The zero-order valence-corrected chi connectivity index (χ0v) is 10.4. The summed E-state index contributed by atoms with van der Waals surface area (Å²) in [4.78, 5) is 11.4. The molecule has 0 aliphatic heterocycles. The van der Waals surface area contributed by atoms with Gasteiger partial charge in [0.25, 0.3) is 0 Å². The van der Waals surface area contributed by atoms with Crippen molar-refractivity contribution in [3.05, 3.63) is 29.8 Å². The number of hydrogen-bond donors (Lipinski definition) is 1. The lowest BCUT2D eigenvalue weighted by molar-refractivity contribution is -0.116. The van der Waals surface area contributed by atoms with E-state index in [1.807, 2.05) is 12.1 Å². The average Bonchev–Trinajstić information content (AvgIpc) is 2.29. The number of benzene rings is 1. The van der Waals surface area contributed by atoms with Gasteiger partial charge in [-0.15, -0.1) is 11.6 Å². The van der Waals surface area contributed by atoms with Crippen LogP contribution in [0.3, 0.4) is 0 Å². The number of hydrogen-bond acceptors (Lipinski definition) is 1. The lowest BCUT2D eigenvalue weighted by Crippen LogP contribution is -2.11. The van der Waals surface area contributed by atoms with E-state index in [-0.39, 0.29) is 5.91 Å². The fraction of sp³-hybridized carbons (Fsp3) is 0.462. The van der Waals surface area contributed by atoms with Gasteiger partial charge < -0.3 is 5.32 Å². The fourth-order valence-corrected chi connectivity index (χ4v) is 1.63. The molecule has 1 rings (SSSR count). The Bertz CT molecular complexity index is 321. The van der Waals surface area contributed by atoms with E-state index in [0.29, 0.717) is 12.3 Å². The molecular formula is C13H18ClNO. The smallest absolute Gasteiger partial charge is 0.224 e. The van der Waals surface area contributed by atoms with Crippen molar-refractivity contribution >= 4 is 23.2 Å². The van der Waals surface area contributed by atoms with Crippen LogP contribution >= 0.6 is 11.6 Å². The molecule has 0 spiro atoms. The summed E-state index contributed by atoms with van der Waals surface area (Å²) < 4.78 is 0. The summed E-state index contributed by atoms with van der Waals surface area (Å²) in [5.41, 5.74) is 2.17. The van der Waals surface area contributed by atoms with Crippen molar-refractivity contribution in [3.63, 3.8) is 0 Å². The summed E-state index contributed by atoms with van der Waals surface area (Å²) >= 11 is 5.52. The molecule has 0 unspecified atom stereocenters. The van der Waals surface area contributed by atoms with E-state index in [9.17, 15) is 4.79 Å². The number of anilines is 1. The minimum absolute atomic E-state index is 0.0314. The van der Waals surface area contributed by atoms with Gasteiger partial charge in [0.2, 0.25) is 5.91 Å². The Morgan fingerprint density at radius 1 is 1.31 bits per heavy atom. The van der Waals surface area contributed by atoms with Crippen LogP contribution in [0.2, 0.25) is 0 Å². The number of halogens is 1. The highest BCUT2D eigenvalue weighted by Gasteiger charge is 2.01. The number of carbonyl (C=O) groups is 1. The summed E-state index contributed by atoms with van der Waals surface area (Å²) in [7, 11) is 0. The summed E-state index contributed by atoms with van der Waals surface area (Å²) in [5.74, 6) is 0.562. The predicted molar refractivity (Wildman–Crippen MR) is 69.0 cm³/mol. The molecule has 1 N–H and O–H groups in total. The van der Waals surface area contributed by atoms with Gasteiger partial charge in [-0.3, -0.25) is 4.79 Å². The molecule has 0 atom stereocenters. The third-order valence-corrected chi connectivity index (χ3v) is 2.58. The Labute approximate surface area is 102 Å². The largest absolute Gasteiger partial charge is 0.326 e. The Morgan fingerprint density at radius 3 is 2.56 bits per heavy atom. The number of nitrogens with one attached hydrogen (secondary N) is 1. The molecule has 0 radical (unpaired) electrons. The van der Waals surface area contributed by atoms with Crippen LogP contribution in [-0.4, -0.2) is 11.8 Å². The van der Waals surface area contributed by atoms with Crippen LogP contribution in [0.4, 0.5) is 5.69 Å². The third-order valence-electron chi connectivity index (χ3n) is 2.31. The first-order valence-corrected chi connectivity index (χ1v) is 6.24. The van der Waals surface area contributed by atoms with Crippen LogP contribution in [0, 0.1) is 0 Å². The Morgan fingerprint density at radius 2 is 2.00 bits per heavy atom. The maximum Gasteiger partial charge on any atom is 0.224 e. The highest BCUT2D eigenvalue weighted by molar-refractivity contribution is 6.18. The minimum Gasteiger partial charge on any atom is -0.326 e. The number of amides is 1. The van der Waals surface area contributed by atoms with Crippen LogP contribution in [0.5, 0.6) is 0 Å². The predicted octanol–water partition coefficient (Wildman–Crippen LogP) is 3.60. The quantitative estimate of drug-likeness (QED) is 0.756. The SMILES string of the molecule is CCCc1ccc(NC(=O)CCCCl)cc1. The van der Waals surface area contributed by atoms with Crippen molar-refractivity contribution in [3.8, 4) is 0 Å². The summed E-state index contributed by atoms with van der Waals surface area (Å²) in [6.45, 7) is 2.15. The molecule has 0 saturated carbocycles. The van der Waals surface area contributed by atoms with Crippen LogP contribution in [0.25, 0.3) is 0 Å². The van der Waals surface area contributed by atoms with Gasteiger partial charge in [-0.25, -0.2) is 0 Å². The summed E-state index contributed by atoms with van der Waals surface area (Å²) in [6.07, 6.45) is 3.43. The highest BCUT2D eigenvalue weighted by Crippen LogP contribution is 2.11. The maximum absolute atomic E-state index is 11.4. The molecular weight excluding hydrogens is 222 g/mol. The lowest BCUT2D eigenvalue weighted by atomic mass is 10.1. The monoisotopic (exact) mass is 239 g/mol. The summed E-state index contributed by atoms with van der Waals surface area (Å²) in [5, 5.41) is 2.85. The molecule has 0 fully saturated rings. The van der Waals surface area contributed by atoms with Crippen molar-refractivity contribution < 1.29 is 4.79 Å². The summed E-state index contributed by atoms with van der Waals surface area (Å²) in [6, 6.07) is 8.01. The molecule has 1 aromatic carbocycles. The number of alkyl halides is 1. The van der Waals surface area contributed by atoms with Crippen molar-refractivity contribution in [1.29, 1.82) is 0 Å². The van der Waals surface area contributed by atoms with Gasteiger partial charge >= 0.3 is 0 Å². The second kappa shape index (κ2) is 7.29. The fourth-order valence-electron chi connectivity index (χ4n) is 1.49. The van der Waals surface area contributed by atoms with Crippen molar-refractivity contribution in [2.24, 2.45) is 0 Å². The molecule has 3 heteroatoms. The van der Waals surface area contributed by atoms with Gasteiger partial charge in [0.05, 0.1) is 0 Å². The van der Waals surface area contributed by atoms with E-state index in [1.54, 1.807) is 0 Å². The second-order valence-corrected chi connectivity index (χ2v) is 4.17. The Hall–Kier alpha value is -1.02. The molecule has 1 aromatic rings. The highest BCUT2D eigenvalue weighted by atomic mass is 35.5. The number of carbonyl (C=O) groups excluding carboxylic acids is 1. The lowest BCUT2D eigenvalue weighted by Gasteiger charge is -2.05. The van der Waals surface area contributed by atoms with Crippen molar-refractivity contribution in [1.82, 2.24) is 0 Å². The Kier molecular flexibility index (Phi) is 5.94. The van der Waals surface area contributed by atoms with E-state index in [4.69, 9.17) is 11.6 Å². The number of rotatable bonds is 6. The topological polar surface area (TPSA) is 29.1 Å². The van der Waals surface area contributed by atoms with Gasteiger partial charge in [0, 0.05) is 18.0 Å². The normalized spacial score (nSPS) is 10.1. The minimum atomic E-state index is 0.0314. The average molecular weight is 240 g/mol. The molecule has 0 bridgehead atoms. The first-order chi connectivity index (χ1) is 7.76. The van der Waals surface area contributed by atoms with Gasteiger partial charge in [-0.2, -0.15) is 0 Å². The van der Waals surface area contributed by atoms with Gasteiger partial charge in [0.15, 0.2) is 0 Å². The first kappa shape index (κ1) is 13.0. The molecule has 0 saturated heterocycles. The zero-order valence-electron chi connectivity index (χ0n) is 9.63. The maximum atomic E-state index is 11.4. The first-order valence-electron chi connectivity index (χ1n) is 5.71. The van der Waals surface area contributed by atoms with Crippen molar-refractivity contribution in [2.75, 3.05) is 11.2 Å². The van der Waals surface area contributed by atoms with Crippen LogP contribution in [0.1, 0.15) is 31.7 Å². The van der Waals surface area contributed by atoms with E-state index < -0.39 is 0 Å². The van der Waals surface area contributed by atoms with E-state index >= 15 is 0 Å². The van der Waals surface area contributed by atoms with E-state index in [2.05, 4.69) is 24.4 Å². The van der Waals surface area contributed by atoms with Crippen LogP contribution in [-0.2, 0) is 11.2 Å². The number of aryl methyl sites for hydroxylation is 1. The third kappa shape index (κ3) is 4.67. The second-order valence-electron chi connectivity index (χ2n) is 3.79. The molecule has 0 aromatic heterocycles. The molecule has 1 amide bonds.